The van der Waals surface area contributed by atoms with Crippen LogP contribution in [-0.2, 0) is 11.3 Å². The number of amides is 1. The fourth-order valence-electron chi connectivity index (χ4n) is 2.35. The molecule has 0 atom stereocenters. The Labute approximate surface area is 139 Å². The number of carbonyl (C=O) groups excluding carboxylic acids is 1. The molecule has 0 aliphatic heterocycles. The predicted molar refractivity (Wildman–Crippen MR) is 94.3 cm³/mol. The van der Waals surface area contributed by atoms with Crippen LogP contribution >= 0.6 is 11.3 Å². The third-order valence-corrected chi connectivity index (χ3v) is 4.37. The standard InChI is InChI=1S/C18H19N3OS/c1-2-10-19-17(22)12-21-11-6-9-16(21)18-20-15(13-23-18)14-7-4-3-5-8-14/h3-9,11,13H,2,10,12H2,1H3,(H,19,22). The van der Waals surface area contributed by atoms with Crippen LogP contribution in [0.3, 0.4) is 0 Å². The van der Waals surface area contributed by atoms with Crippen molar-refractivity contribution in [1.82, 2.24) is 14.9 Å². The molecule has 0 aliphatic rings. The van der Waals surface area contributed by atoms with Gasteiger partial charge in [-0.05, 0) is 18.6 Å². The van der Waals surface area contributed by atoms with Gasteiger partial charge < -0.3 is 9.88 Å². The molecule has 3 rings (SSSR count). The molecule has 2 heterocycles. The molecule has 4 nitrogen and oxygen atoms in total. The number of hydrogen-bond donors (Lipinski definition) is 1. The van der Waals surface area contributed by atoms with E-state index in [1.165, 1.54) is 0 Å². The zero-order chi connectivity index (χ0) is 16.1. The van der Waals surface area contributed by atoms with E-state index < -0.39 is 0 Å². The van der Waals surface area contributed by atoms with Gasteiger partial charge in [-0.15, -0.1) is 11.3 Å². The number of rotatable bonds is 6. The molecule has 1 N–H and O–H groups in total. The normalized spacial score (nSPS) is 10.7. The molecule has 0 spiro atoms. The monoisotopic (exact) mass is 325 g/mol. The molecule has 1 amide bonds. The minimum Gasteiger partial charge on any atom is -0.355 e. The zero-order valence-corrected chi connectivity index (χ0v) is 13.8. The van der Waals surface area contributed by atoms with Crippen molar-refractivity contribution in [3.05, 3.63) is 54.0 Å². The maximum atomic E-state index is 11.9. The second-order valence-electron chi connectivity index (χ2n) is 5.28. The molecule has 0 fully saturated rings. The van der Waals surface area contributed by atoms with Gasteiger partial charge >= 0.3 is 0 Å². The van der Waals surface area contributed by atoms with E-state index in [1.54, 1.807) is 11.3 Å². The molecule has 1 aromatic carbocycles. The van der Waals surface area contributed by atoms with Crippen LogP contribution in [0.5, 0.6) is 0 Å². The molecule has 0 aliphatic carbocycles. The quantitative estimate of drug-likeness (QED) is 0.749. The number of nitrogens with zero attached hydrogens (tertiary/aromatic N) is 2. The highest BCUT2D eigenvalue weighted by Crippen LogP contribution is 2.29. The molecule has 118 valence electrons. The van der Waals surface area contributed by atoms with Gasteiger partial charge in [-0.3, -0.25) is 4.79 Å². The summed E-state index contributed by atoms with van der Waals surface area (Å²) in [6, 6.07) is 14.1. The topological polar surface area (TPSA) is 46.9 Å². The average Bonchev–Trinajstić information content (AvgIpc) is 3.22. The molecular formula is C18H19N3OS. The van der Waals surface area contributed by atoms with E-state index in [0.717, 1.165) is 28.4 Å². The Morgan fingerprint density at radius 3 is 2.83 bits per heavy atom. The molecule has 0 unspecified atom stereocenters. The van der Waals surface area contributed by atoms with Gasteiger partial charge in [0.25, 0.3) is 0 Å². The summed E-state index contributed by atoms with van der Waals surface area (Å²) in [5.41, 5.74) is 3.05. The number of aromatic nitrogens is 2. The lowest BCUT2D eigenvalue weighted by atomic mass is 10.2. The van der Waals surface area contributed by atoms with Crippen LogP contribution in [0, 0.1) is 0 Å². The molecule has 3 aromatic rings. The highest BCUT2D eigenvalue weighted by atomic mass is 32.1. The van der Waals surface area contributed by atoms with Gasteiger partial charge in [-0.2, -0.15) is 0 Å². The number of benzene rings is 1. The van der Waals surface area contributed by atoms with Crippen molar-refractivity contribution >= 4 is 17.2 Å². The first-order chi connectivity index (χ1) is 11.3. The summed E-state index contributed by atoms with van der Waals surface area (Å²) in [6.45, 7) is 3.08. The Bertz CT molecular complexity index is 776. The first kappa shape index (κ1) is 15.5. The summed E-state index contributed by atoms with van der Waals surface area (Å²) in [4.78, 5) is 16.6. The zero-order valence-electron chi connectivity index (χ0n) is 13.0. The van der Waals surface area contributed by atoms with Gasteiger partial charge in [0, 0.05) is 23.7 Å². The summed E-state index contributed by atoms with van der Waals surface area (Å²) in [5.74, 6) is 0.0316. The number of nitrogens with one attached hydrogen (secondary N) is 1. The van der Waals surface area contributed by atoms with Crippen LogP contribution in [0.25, 0.3) is 22.0 Å². The second-order valence-corrected chi connectivity index (χ2v) is 6.13. The molecule has 0 saturated heterocycles. The lowest BCUT2D eigenvalue weighted by Gasteiger charge is -2.07. The van der Waals surface area contributed by atoms with Gasteiger partial charge in [0.1, 0.15) is 11.6 Å². The highest BCUT2D eigenvalue weighted by molar-refractivity contribution is 7.13. The van der Waals surface area contributed by atoms with Crippen molar-refractivity contribution in [3.8, 4) is 22.0 Å². The van der Waals surface area contributed by atoms with Crippen LogP contribution in [0.15, 0.2) is 54.0 Å². The summed E-state index contributed by atoms with van der Waals surface area (Å²) in [7, 11) is 0. The van der Waals surface area contributed by atoms with Crippen molar-refractivity contribution in [3.63, 3.8) is 0 Å². The van der Waals surface area contributed by atoms with Gasteiger partial charge in [-0.1, -0.05) is 37.3 Å². The molecule has 23 heavy (non-hydrogen) atoms. The van der Waals surface area contributed by atoms with Crippen molar-refractivity contribution in [2.75, 3.05) is 6.54 Å². The first-order valence-electron chi connectivity index (χ1n) is 7.71. The minimum absolute atomic E-state index is 0.0316. The number of hydrogen-bond acceptors (Lipinski definition) is 3. The maximum Gasteiger partial charge on any atom is 0.239 e. The van der Waals surface area contributed by atoms with E-state index in [9.17, 15) is 4.79 Å². The van der Waals surface area contributed by atoms with Gasteiger partial charge in [0.05, 0.1) is 11.4 Å². The fraction of sp³-hybridized carbons (Fsp3) is 0.222. The molecule has 0 saturated carbocycles. The van der Waals surface area contributed by atoms with E-state index in [0.29, 0.717) is 13.1 Å². The summed E-state index contributed by atoms with van der Waals surface area (Å²) in [6.07, 6.45) is 2.86. The third kappa shape index (κ3) is 3.68. The molecule has 0 bridgehead atoms. The van der Waals surface area contributed by atoms with Gasteiger partial charge in [-0.25, -0.2) is 4.98 Å². The van der Waals surface area contributed by atoms with E-state index in [-0.39, 0.29) is 5.91 Å². The van der Waals surface area contributed by atoms with E-state index in [2.05, 4.69) is 22.8 Å². The van der Waals surface area contributed by atoms with Gasteiger partial charge in [0.2, 0.25) is 5.91 Å². The van der Waals surface area contributed by atoms with E-state index >= 15 is 0 Å². The largest absolute Gasteiger partial charge is 0.355 e. The predicted octanol–water partition coefficient (Wildman–Crippen LogP) is 3.80. The Morgan fingerprint density at radius 1 is 1.22 bits per heavy atom. The highest BCUT2D eigenvalue weighted by Gasteiger charge is 2.12. The molecule has 2 aromatic heterocycles. The Morgan fingerprint density at radius 2 is 2.04 bits per heavy atom. The van der Waals surface area contributed by atoms with Crippen molar-refractivity contribution in [2.24, 2.45) is 0 Å². The summed E-state index contributed by atoms with van der Waals surface area (Å²) >= 11 is 1.60. The van der Waals surface area contributed by atoms with Crippen molar-refractivity contribution < 1.29 is 4.79 Å². The number of carbonyl (C=O) groups is 1. The minimum atomic E-state index is 0.0316. The SMILES string of the molecule is CCCNC(=O)Cn1cccc1-c1nc(-c2ccccc2)cs1. The first-order valence-corrected chi connectivity index (χ1v) is 8.59. The van der Waals surface area contributed by atoms with Crippen LogP contribution in [0.4, 0.5) is 0 Å². The maximum absolute atomic E-state index is 11.9. The molecule has 5 heteroatoms. The van der Waals surface area contributed by atoms with Crippen molar-refractivity contribution in [1.29, 1.82) is 0 Å². The lowest BCUT2D eigenvalue weighted by Crippen LogP contribution is -2.28. The van der Waals surface area contributed by atoms with Crippen LogP contribution in [0.2, 0.25) is 0 Å². The van der Waals surface area contributed by atoms with Crippen LogP contribution < -0.4 is 5.32 Å². The fourth-order valence-corrected chi connectivity index (χ4v) is 3.22. The molecule has 0 radical (unpaired) electrons. The van der Waals surface area contributed by atoms with Crippen LogP contribution in [-0.4, -0.2) is 22.0 Å². The summed E-state index contributed by atoms with van der Waals surface area (Å²) < 4.78 is 1.94. The number of thiazole rings is 1. The smallest absolute Gasteiger partial charge is 0.239 e. The summed E-state index contributed by atoms with van der Waals surface area (Å²) in [5, 5.41) is 5.89. The van der Waals surface area contributed by atoms with E-state index in [4.69, 9.17) is 4.98 Å². The Balaban J connectivity index is 1.80. The Hall–Kier alpha value is -2.40. The Kier molecular flexibility index (Phi) is 4.88. The van der Waals surface area contributed by atoms with Gasteiger partial charge in [0.15, 0.2) is 0 Å². The van der Waals surface area contributed by atoms with Crippen molar-refractivity contribution in [2.45, 2.75) is 19.9 Å². The van der Waals surface area contributed by atoms with Crippen LogP contribution in [0.1, 0.15) is 13.3 Å². The average molecular weight is 325 g/mol. The lowest BCUT2D eigenvalue weighted by molar-refractivity contribution is -0.121. The van der Waals surface area contributed by atoms with E-state index in [1.807, 2.05) is 48.0 Å². The molecular weight excluding hydrogens is 306 g/mol. The third-order valence-electron chi connectivity index (χ3n) is 3.51. The second kappa shape index (κ2) is 7.24.